The van der Waals surface area contributed by atoms with Gasteiger partial charge in [-0.15, -0.1) is 0 Å². The molecule has 1 heterocycles. The SMILES string of the molecule is COc1cccc(-c2cnc(C(C)N)nc2)c1. The first-order chi connectivity index (χ1) is 8.20. The molecule has 0 fully saturated rings. The summed E-state index contributed by atoms with van der Waals surface area (Å²) >= 11 is 0. The molecule has 0 saturated heterocycles. The average molecular weight is 229 g/mol. The van der Waals surface area contributed by atoms with E-state index in [9.17, 15) is 0 Å². The standard InChI is InChI=1S/C13H15N3O/c1-9(14)13-15-7-11(8-16-13)10-4-3-5-12(6-10)17-2/h3-9H,14H2,1-2H3. The summed E-state index contributed by atoms with van der Waals surface area (Å²) in [5.74, 6) is 1.47. The van der Waals surface area contributed by atoms with Gasteiger partial charge in [0.1, 0.15) is 11.6 Å². The monoisotopic (exact) mass is 229 g/mol. The molecule has 1 aromatic carbocycles. The lowest BCUT2D eigenvalue weighted by atomic mass is 10.1. The summed E-state index contributed by atoms with van der Waals surface area (Å²) in [5.41, 5.74) is 7.68. The van der Waals surface area contributed by atoms with Crippen LogP contribution in [0.2, 0.25) is 0 Å². The van der Waals surface area contributed by atoms with Crippen LogP contribution in [0.3, 0.4) is 0 Å². The van der Waals surface area contributed by atoms with Crippen molar-refractivity contribution in [3.8, 4) is 16.9 Å². The molecule has 0 aliphatic rings. The van der Waals surface area contributed by atoms with E-state index in [0.29, 0.717) is 5.82 Å². The summed E-state index contributed by atoms with van der Waals surface area (Å²) in [6.07, 6.45) is 3.56. The first-order valence-electron chi connectivity index (χ1n) is 5.42. The first kappa shape index (κ1) is 11.5. The highest BCUT2D eigenvalue weighted by molar-refractivity contribution is 5.63. The molecule has 0 bridgehead atoms. The van der Waals surface area contributed by atoms with Crippen molar-refractivity contribution in [1.82, 2.24) is 9.97 Å². The highest BCUT2D eigenvalue weighted by Gasteiger charge is 2.04. The normalized spacial score (nSPS) is 12.2. The Labute approximate surface area is 100 Å². The molecule has 4 heteroatoms. The first-order valence-corrected chi connectivity index (χ1v) is 5.42. The number of nitrogens with two attached hydrogens (primary N) is 1. The number of ether oxygens (including phenoxy) is 1. The predicted octanol–water partition coefficient (Wildman–Crippen LogP) is 2.17. The minimum atomic E-state index is -0.144. The van der Waals surface area contributed by atoms with E-state index in [1.54, 1.807) is 19.5 Å². The molecule has 0 amide bonds. The van der Waals surface area contributed by atoms with E-state index in [1.165, 1.54) is 0 Å². The summed E-state index contributed by atoms with van der Waals surface area (Å²) in [5, 5.41) is 0. The second-order valence-corrected chi connectivity index (χ2v) is 3.85. The Balaban J connectivity index is 2.32. The van der Waals surface area contributed by atoms with Crippen LogP contribution in [0.1, 0.15) is 18.8 Å². The number of methoxy groups -OCH3 is 1. The Hall–Kier alpha value is -1.94. The third-order valence-corrected chi connectivity index (χ3v) is 2.48. The number of hydrogen-bond donors (Lipinski definition) is 1. The molecule has 0 aliphatic heterocycles. The second-order valence-electron chi connectivity index (χ2n) is 3.85. The largest absolute Gasteiger partial charge is 0.497 e. The molecular weight excluding hydrogens is 214 g/mol. The van der Waals surface area contributed by atoms with Crippen LogP contribution >= 0.6 is 0 Å². The zero-order chi connectivity index (χ0) is 12.3. The van der Waals surface area contributed by atoms with E-state index < -0.39 is 0 Å². The van der Waals surface area contributed by atoms with Crippen LogP contribution in [0.5, 0.6) is 5.75 Å². The van der Waals surface area contributed by atoms with Gasteiger partial charge in [0.15, 0.2) is 0 Å². The number of aromatic nitrogens is 2. The molecule has 2 N–H and O–H groups in total. The third-order valence-electron chi connectivity index (χ3n) is 2.48. The lowest BCUT2D eigenvalue weighted by Crippen LogP contribution is -2.09. The lowest BCUT2D eigenvalue weighted by Gasteiger charge is -2.06. The van der Waals surface area contributed by atoms with Crippen LogP contribution in [0.4, 0.5) is 0 Å². The van der Waals surface area contributed by atoms with E-state index in [4.69, 9.17) is 10.5 Å². The van der Waals surface area contributed by atoms with E-state index in [0.717, 1.165) is 16.9 Å². The molecule has 1 atom stereocenters. The van der Waals surface area contributed by atoms with Crippen molar-refractivity contribution in [2.75, 3.05) is 7.11 Å². The van der Waals surface area contributed by atoms with Gasteiger partial charge in [-0.25, -0.2) is 9.97 Å². The topological polar surface area (TPSA) is 61.0 Å². The van der Waals surface area contributed by atoms with Crippen LogP contribution in [-0.2, 0) is 0 Å². The van der Waals surface area contributed by atoms with Gasteiger partial charge < -0.3 is 10.5 Å². The van der Waals surface area contributed by atoms with E-state index in [2.05, 4.69) is 9.97 Å². The van der Waals surface area contributed by atoms with Crippen molar-refractivity contribution < 1.29 is 4.74 Å². The Morgan fingerprint density at radius 3 is 2.47 bits per heavy atom. The summed E-state index contributed by atoms with van der Waals surface area (Å²) in [6, 6.07) is 7.64. The summed E-state index contributed by atoms with van der Waals surface area (Å²) in [6.45, 7) is 1.86. The number of hydrogen-bond acceptors (Lipinski definition) is 4. The fourth-order valence-electron chi connectivity index (χ4n) is 1.52. The van der Waals surface area contributed by atoms with Crippen LogP contribution in [0, 0.1) is 0 Å². The average Bonchev–Trinajstić information content (AvgIpc) is 2.39. The molecule has 2 aromatic rings. The molecular formula is C13H15N3O. The van der Waals surface area contributed by atoms with Gasteiger partial charge >= 0.3 is 0 Å². The summed E-state index contributed by atoms with van der Waals surface area (Å²) in [4.78, 5) is 8.47. The Kier molecular flexibility index (Phi) is 3.35. The number of rotatable bonds is 3. The molecule has 1 unspecified atom stereocenters. The highest BCUT2D eigenvalue weighted by Crippen LogP contribution is 2.22. The van der Waals surface area contributed by atoms with Crippen molar-refractivity contribution >= 4 is 0 Å². The van der Waals surface area contributed by atoms with Gasteiger partial charge in [-0.2, -0.15) is 0 Å². The van der Waals surface area contributed by atoms with E-state index in [-0.39, 0.29) is 6.04 Å². The zero-order valence-corrected chi connectivity index (χ0v) is 9.92. The minimum Gasteiger partial charge on any atom is -0.497 e. The van der Waals surface area contributed by atoms with Crippen molar-refractivity contribution in [2.45, 2.75) is 13.0 Å². The molecule has 2 rings (SSSR count). The van der Waals surface area contributed by atoms with Crippen molar-refractivity contribution in [1.29, 1.82) is 0 Å². The molecule has 4 nitrogen and oxygen atoms in total. The molecule has 17 heavy (non-hydrogen) atoms. The zero-order valence-electron chi connectivity index (χ0n) is 9.92. The predicted molar refractivity (Wildman–Crippen MR) is 66.6 cm³/mol. The van der Waals surface area contributed by atoms with Gasteiger partial charge in [-0.1, -0.05) is 12.1 Å². The maximum atomic E-state index is 5.70. The molecule has 0 aliphatic carbocycles. The van der Waals surface area contributed by atoms with Crippen LogP contribution in [0.15, 0.2) is 36.7 Å². The van der Waals surface area contributed by atoms with Crippen LogP contribution < -0.4 is 10.5 Å². The molecule has 0 saturated carbocycles. The Morgan fingerprint density at radius 2 is 1.88 bits per heavy atom. The smallest absolute Gasteiger partial charge is 0.144 e. The number of benzene rings is 1. The Morgan fingerprint density at radius 1 is 1.18 bits per heavy atom. The van der Waals surface area contributed by atoms with Crippen molar-refractivity contribution in [3.63, 3.8) is 0 Å². The third kappa shape index (κ3) is 2.60. The van der Waals surface area contributed by atoms with Gasteiger partial charge in [-0.3, -0.25) is 0 Å². The summed E-state index contributed by atoms with van der Waals surface area (Å²) in [7, 11) is 1.65. The van der Waals surface area contributed by atoms with E-state index in [1.807, 2.05) is 31.2 Å². The van der Waals surface area contributed by atoms with Gasteiger partial charge in [0.25, 0.3) is 0 Å². The second kappa shape index (κ2) is 4.93. The quantitative estimate of drug-likeness (QED) is 0.876. The maximum Gasteiger partial charge on any atom is 0.144 e. The van der Waals surface area contributed by atoms with Crippen molar-refractivity contribution in [2.24, 2.45) is 5.73 Å². The maximum absolute atomic E-state index is 5.70. The van der Waals surface area contributed by atoms with Gasteiger partial charge in [0.2, 0.25) is 0 Å². The minimum absolute atomic E-state index is 0.144. The van der Waals surface area contributed by atoms with Gasteiger partial charge in [0, 0.05) is 18.0 Å². The van der Waals surface area contributed by atoms with Crippen molar-refractivity contribution in [3.05, 3.63) is 42.5 Å². The molecule has 0 spiro atoms. The van der Waals surface area contributed by atoms with E-state index >= 15 is 0 Å². The lowest BCUT2D eigenvalue weighted by molar-refractivity contribution is 0.415. The Bertz CT molecular complexity index is 494. The molecule has 1 aromatic heterocycles. The van der Waals surface area contributed by atoms with Crippen LogP contribution in [-0.4, -0.2) is 17.1 Å². The van der Waals surface area contributed by atoms with Gasteiger partial charge in [0.05, 0.1) is 13.2 Å². The number of nitrogens with zero attached hydrogens (tertiary/aromatic N) is 2. The summed E-state index contributed by atoms with van der Waals surface area (Å²) < 4.78 is 5.18. The fourth-order valence-corrected chi connectivity index (χ4v) is 1.52. The molecule has 88 valence electrons. The molecule has 0 radical (unpaired) electrons. The van der Waals surface area contributed by atoms with Gasteiger partial charge in [-0.05, 0) is 24.6 Å². The van der Waals surface area contributed by atoms with Crippen LogP contribution in [0.25, 0.3) is 11.1 Å². The highest BCUT2D eigenvalue weighted by atomic mass is 16.5. The fraction of sp³-hybridized carbons (Fsp3) is 0.231.